The SMILES string of the molecule is Cc1c(NC(=O)C(=O)N2C[C@@H](C)CCC2(C)c2ccccc2)cnc(N)c1C. The maximum Gasteiger partial charge on any atom is 0.313 e. The van der Waals surface area contributed by atoms with E-state index in [2.05, 4.69) is 17.2 Å². The Balaban J connectivity index is 1.88. The summed E-state index contributed by atoms with van der Waals surface area (Å²) in [6.07, 6.45) is 3.33. The Hall–Kier alpha value is -2.89. The molecule has 0 spiro atoms. The Labute approximate surface area is 166 Å². The smallest absolute Gasteiger partial charge is 0.313 e. The molecule has 0 aliphatic carbocycles. The third-order valence-electron chi connectivity index (χ3n) is 5.98. The van der Waals surface area contributed by atoms with Crippen molar-refractivity contribution in [3.63, 3.8) is 0 Å². The Morgan fingerprint density at radius 3 is 2.57 bits per heavy atom. The Kier molecular flexibility index (Phi) is 5.40. The normalized spacial score (nSPS) is 22.0. The molecule has 1 saturated heterocycles. The molecular formula is C22H28N4O2. The van der Waals surface area contributed by atoms with E-state index in [1.54, 1.807) is 4.90 Å². The molecule has 1 aliphatic rings. The number of carbonyl (C=O) groups excluding carboxylic acids is 2. The summed E-state index contributed by atoms with van der Waals surface area (Å²) >= 11 is 0. The molecule has 1 fully saturated rings. The topological polar surface area (TPSA) is 88.3 Å². The van der Waals surface area contributed by atoms with E-state index >= 15 is 0 Å². The molecule has 0 bridgehead atoms. The first-order chi connectivity index (χ1) is 13.2. The van der Waals surface area contributed by atoms with Crippen LogP contribution in [0.5, 0.6) is 0 Å². The van der Waals surface area contributed by atoms with Gasteiger partial charge in [-0.15, -0.1) is 0 Å². The van der Waals surface area contributed by atoms with Gasteiger partial charge in [0.25, 0.3) is 0 Å². The van der Waals surface area contributed by atoms with Gasteiger partial charge in [-0.2, -0.15) is 0 Å². The lowest BCUT2D eigenvalue weighted by atomic mass is 9.79. The lowest BCUT2D eigenvalue weighted by Gasteiger charge is -2.47. The number of rotatable bonds is 2. The quantitative estimate of drug-likeness (QED) is 0.782. The number of likely N-dealkylation sites (tertiary alicyclic amines) is 1. The van der Waals surface area contributed by atoms with Crippen molar-refractivity contribution in [1.29, 1.82) is 0 Å². The predicted molar refractivity (Wildman–Crippen MR) is 111 cm³/mol. The number of amides is 2. The van der Waals surface area contributed by atoms with Crippen molar-refractivity contribution in [3.05, 3.63) is 53.2 Å². The maximum absolute atomic E-state index is 13.2. The van der Waals surface area contributed by atoms with Crippen molar-refractivity contribution in [2.45, 2.75) is 46.1 Å². The van der Waals surface area contributed by atoms with Gasteiger partial charge in [0.05, 0.1) is 17.4 Å². The number of nitrogens with one attached hydrogen (secondary N) is 1. The van der Waals surface area contributed by atoms with Crippen molar-refractivity contribution in [2.24, 2.45) is 5.92 Å². The number of aromatic nitrogens is 1. The van der Waals surface area contributed by atoms with Crippen LogP contribution in [-0.4, -0.2) is 28.2 Å². The van der Waals surface area contributed by atoms with Crippen LogP contribution >= 0.6 is 0 Å². The van der Waals surface area contributed by atoms with Crippen LogP contribution in [0.4, 0.5) is 11.5 Å². The fraction of sp³-hybridized carbons (Fsp3) is 0.409. The van der Waals surface area contributed by atoms with Crippen molar-refractivity contribution < 1.29 is 9.59 Å². The Morgan fingerprint density at radius 2 is 1.89 bits per heavy atom. The highest BCUT2D eigenvalue weighted by atomic mass is 16.2. The Morgan fingerprint density at radius 1 is 1.21 bits per heavy atom. The highest BCUT2D eigenvalue weighted by Gasteiger charge is 2.42. The second-order valence-corrected chi connectivity index (χ2v) is 7.96. The van der Waals surface area contributed by atoms with Crippen LogP contribution in [0.15, 0.2) is 36.5 Å². The summed E-state index contributed by atoms with van der Waals surface area (Å²) in [5, 5.41) is 2.73. The van der Waals surface area contributed by atoms with Gasteiger partial charge in [-0.05, 0) is 56.2 Å². The second kappa shape index (κ2) is 7.62. The number of nitrogen functional groups attached to an aromatic ring is 1. The van der Waals surface area contributed by atoms with Crippen LogP contribution in [0.1, 0.15) is 43.4 Å². The van der Waals surface area contributed by atoms with E-state index < -0.39 is 17.4 Å². The van der Waals surface area contributed by atoms with Gasteiger partial charge >= 0.3 is 11.8 Å². The van der Waals surface area contributed by atoms with Gasteiger partial charge in [0.2, 0.25) is 0 Å². The minimum Gasteiger partial charge on any atom is -0.383 e. The number of hydrogen-bond acceptors (Lipinski definition) is 4. The summed E-state index contributed by atoms with van der Waals surface area (Å²) < 4.78 is 0. The van der Waals surface area contributed by atoms with Crippen molar-refractivity contribution in [2.75, 3.05) is 17.6 Å². The standard InChI is InChI=1S/C22H28N4O2/c1-14-10-11-22(4,17-8-6-5-7-9-17)26(13-14)21(28)20(27)25-18-12-24-19(23)16(3)15(18)2/h5-9,12,14H,10-11,13H2,1-4H3,(H2,23,24)(H,25,27)/t14-,22?/m0/s1. The molecule has 148 valence electrons. The number of nitrogens with two attached hydrogens (primary N) is 1. The van der Waals surface area contributed by atoms with Gasteiger partial charge in [-0.1, -0.05) is 37.3 Å². The zero-order valence-electron chi connectivity index (χ0n) is 17.0. The highest BCUT2D eigenvalue weighted by molar-refractivity contribution is 6.39. The maximum atomic E-state index is 13.2. The van der Waals surface area contributed by atoms with E-state index in [0.717, 1.165) is 29.5 Å². The molecule has 28 heavy (non-hydrogen) atoms. The monoisotopic (exact) mass is 380 g/mol. The number of benzene rings is 1. The number of carbonyl (C=O) groups is 2. The van der Waals surface area contributed by atoms with Crippen LogP contribution in [0.2, 0.25) is 0 Å². The molecular weight excluding hydrogens is 352 g/mol. The molecule has 1 aromatic carbocycles. The Bertz CT molecular complexity index is 897. The number of nitrogens with zero attached hydrogens (tertiary/aromatic N) is 2. The molecule has 0 radical (unpaired) electrons. The average Bonchev–Trinajstić information content (AvgIpc) is 2.70. The second-order valence-electron chi connectivity index (χ2n) is 7.96. The van der Waals surface area contributed by atoms with E-state index in [1.807, 2.05) is 51.1 Å². The molecule has 2 heterocycles. The van der Waals surface area contributed by atoms with Crippen molar-refractivity contribution >= 4 is 23.3 Å². The fourth-order valence-electron chi connectivity index (χ4n) is 3.82. The first kappa shape index (κ1) is 19.9. The highest BCUT2D eigenvalue weighted by Crippen LogP contribution is 2.39. The summed E-state index contributed by atoms with van der Waals surface area (Å²) in [7, 11) is 0. The van der Waals surface area contributed by atoms with Gasteiger partial charge in [0.1, 0.15) is 5.82 Å². The van der Waals surface area contributed by atoms with Crippen molar-refractivity contribution in [3.8, 4) is 0 Å². The van der Waals surface area contributed by atoms with Gasteiger partial charge in [-0.25, -0.2) is 4.98 Å². The first-order valence-electron chi connectivity index (χ1n) is 9.64. The zero-order chi connectivity index (χ0) is 20.5. The largest absolute Gasteiger partial charge is 0.383 e. The third-order valence-corrected chi connectivity index (χ3v) is 5.98. The molecule has 6 heteroatoms. The summed E-state index contributed by atoms with van der Waals surface area (Å²) in [4.78, 5) is 31.8. The number of anilines is 2. The molecule has 2 amide bonds. The van der Waals surface area contributed by atoms with E-state index in [9.17, 15) is 9.59 Å². The van der Waals surface area contributed by atoms with Crippen LogP contribution in [0, 0.1) is 19.8 Å². The van der Waals surface area contributed by atoms with Crippen LogP contribution < -0.4 is 11.1 Å². The minimum absolute atomic E-state index is 0.343. The first-order valence-corrected chi connectivity index (χ1v) is 9.64. The lowest BCUT2D eigenvalue weighted by molar-refractivity contribution is -0.150. The van der Waals surface area contributed by atoms with Crippen LogP contribution in [0.25, 0.3) is 0 Å². The molecule has 3 rings (SSSR count). The van der Waals surface area contributed by atoms with Crippen LogP contribution in [-0.2, 0) is 15.1 Å². The molecule has 1 aliphatic heterocycles. The average molecular weight is 380 g/mol. The molecule has 2 atom stereocenters. The number of hydrogen-bond donors (Lipinski definition) is 2. The fourth-order valence-corrected chi connectivity index (χ4v) is 3.82. The molecule has 0 saturated carbocycles. The summed E-state index contributed by atoms with van der Waals surface area (Å²) in [6, 6.07) is 9.93. The zero-order valence-corrected chi connectivity index (χ0v) is 17.0. The molecule has 1 unspecified atom stereocenters. The lowest BCUT2D eigenvalue weighted by Crippen LogP contribution is -2.55. The van der Waals surface area contributed by atoms with E-state index in [-0.39, 0.29) is 0 Å². The van der Waals surface area contributed by atoms with E-state index in [4.69, 9.17) is 5.73 Å². The van der Waals surface area contributed by atoms with Gasteiger partial charge < -0.3 is 16.0 Å². The van der Waals surface area contributed by atoms with Gasteiger partial charge in [0.15, 0.2) is 0 Å². The van der Waals surface area contributed by atoms with E-state index in [0.29, 0.717) is 24.0 Å². The molecule has 6 nitrogen and oxygen atoms in total. The van der Waals surface area contributed by atoms with Crippen LogP contribution in [0.3, 0.4) is 0 Å². The minimum atomic E-state index is -0.648. The molecule has 2 aromatic rings. The summed E-state index contributed by atoms with van der Waals surface area (Å²) in [5.41, 5.74) is 8.47. The predicted octanol–water partition coefficient (Wildman–Crippen LogP) is 3.39. The van der Waals surface area contributed by atoms with Crippen molar-refractivity contribution in [1.82, 2.24) is 9.88 Å². The van der Waals surface area contributed by atoms with E-state index in [1.165, 1.54) is 6.20 Å². The van der Waals surface area contributed by atoms with Gasteiger partial charge in [-0.3, -0.25) is 9.59 Å². The number of piperidine rings is 1. The van der Waals surface area contributed by atoms with Gasteiger partial charge in [0, 0.05) is 6.54 Å². The third kappa shape index (κ3) is 3.59. The summed E-state index contributed by atoms with van der Waals surface area (Å²) in [5.74, 6) is -0.406. The number of pyridine rings is 1. The summed E-state index contributed by atoms with van der Waals surface area (Å²) in [6.45, 7) is 8.40. The molecule has 3 N–H and O–H groups in total. The molecule has 1 aromatic heterocycles.